The van der Waals surface area contributed by atoms with E-state index in [-0.39, 0.29) is 24.5 Å². The Balaban J connectivity index is 2.36. The number of rotatable bonds is 6. The van der Waals surface area contributed by atoms with E-state index in [4.69, 9.17) is 9.84 Å². The summed E-state index contributed by atoms with van der Waals surface area (Å²) in [6, 6.07) is -0.0938. The van der Waals surface area contributed by atoms with Crippen molar-refractivity contribution < 1.29 is 23.4 Å². The first-order valence-corrected chi connectivity index (χ1v) is 5.61. The van der Waals surface area contributed by atoms with Gasteiger partial charge in [-0.1, -0.05) is 6.92 Å². The van der Waals surface area contributed by atoms with E-state index < -0.39 is 19.1 Å². The summed E-state index contributed by atoms with van der Waals surface area (Å²) >= 11 is 0. The van der Waals surface area contributed by atoms with Crippen molar-refractivity contribution in [2.24, 2.45) is 5.92 Å². The molecule has 100 valence electrons. The zero-order chi connectivity index (χ0) is 12.8. The van der Waals surface area contributed by atoms with Crippen molar-refractivity contribution in [3.8, 4) is 0 Å². The van der Waals surface area contributed by atoms with E-state index >= 15 is 0 Å². The molecule has 5 nitrogen and oxygen atoms in total. The molecule has 1 rings (SSSR count). The highest BCUT2D eigenvalue weighted by molar-refractivity contribution is 5.79. The zero-order valence-corrected chi connectivity index (χ0v) is 9.66. The highest BCUT2D eigenvalue weighted by Crippen LogP contribution is 2.13. The second-order valence-corrected chi connectivity index (χ2v) is 3.96. The maximum Gasteiger partial charge on any atom is 0.265 e. The molecular weight excluding hydrogens is 234 g/mol. The molecule has 0 spiro atoms. The molecule has 0 bridgehead atoms. The Morgan fingerprint density at radius 2 is 2.24 bits per heavy atom. The Bertz CT molecular complexity index is 254. The van der Waals surface area contributed by atoms with Crippen LogP contribution in [-0.2, 0) is 9.53 Å². The van der Waals surface area contributed by atoms with Gasteiger partial charge in [0.05, 0.1) is 19.1 Å². The number of aliphatic hydroxyl groups is 1. The molecule has 1 fully saturated rings. The van der Waals surface area contributed by atoms with Crippen LogP contribution in [0.25, 0.3) is 0 Å². The fourth-order valence-corrected chi connectivity index (χ4v) is 1.70. The molecule has 1 heterocycles. The minimum atomic E-state index is -2.85. The molecule has 3 N–H and O–H groups in total. The van der Waals surface area contributed by atoms with Crippen LogP contribution in [0.5, 0.6) is 0 Å². The molecule has 17 heavy (non-hydrogen) atoms. The topological polar surface area (TPSA) is 70.6 Å². The monoisotopic (exact) mass is 252 g/mol. The van der Waals surface area contributed by atoms with Gasteiger partial charge in [0, 0.05) is 12.6 Å². The maximum atomic E-state index is 12.0. The number of carbonyl (C=O) groups is 1. The average molecular weight is 252 g/mol. The number of aliphatic hydroxyl groups excluding tert-OH is 1. The first kappa shape index (κ1) is 14.3. The van der Waals surface area contributed by atoms with Gasteiger partial charge in [-0.15, -0.1) is 0 Å². The molecule has 3 atom stereocenters. The minimum Gasteiger partial charge on any atom is -0.385 e. The first-order chi connectivity index (χ1) is 8.06. The van der Waals surface area contributed by atoms with E-state index in [1.165, 1.54) is 0 Å². The van der Waals surface area contributed by atoms with Gasteiger partial charge < -0.3 is 20.5 Å². The molecular formula is C10H18F2N2O3. The van der Waals surface area contributed by atoms with Crippen molar-refractivity contribution in [2.45, 2.75) is 25.5 Å². The number of nitrogens with one attached hydrogen (secondary N) is 2. The molecule has 1 saturated heterocycles. The number of likely N-dealkylation sites (N-methyl/N-ethyl adjacent to an activating group) is 1. The van der Waals surface area contributed by atoms with Gasteiger partial charge in [0.25, 0.3) is 6.43 Å². The van der Waals surface area contributed by atoms with Crippen molar-refractivity contribution in [1.82, 2.24) is 10.6 Å². The smallest absolute Gasteiger partial charge is 0.265 e. The zero-order valence-electron chi connectivity index (χ0n) is 9.66. The van der Waals surface area contributed by atoms with E-state index in [2.05, 4.69) is 10.6 Å². The summed E-state index contributed by atoms with van der Waals surface area (Å²) in [6.45, 7) is 2.88. The van der Waals surface area contributed by atoms with Gasteiger partial charge >= 0.3 is 0 Å². The fraction of sp³-hybridized carbons (Fsp3) is 0.900. The molecule has 1 amide bonds. The number of carbonyl (C=O) groups excluding carboxylic acids is 1. The first-order valence-electron chi connectivity index (χ1n) is 5.61. The summed E-state index contributed by atoms with van der Waals surface area (Å²) in [5, 5.41) is 14.3. The molecule has 1 aliphatic heterocycles. The summed E-state index contributed by atoms with van der Waals surface area (Å²) in [5.74, 6) is -0.757. The molecule has 0 aromatic carbocycles. The minimum absolute atomic E-state index is 0.0938. The molecule has 0 aliphatic carbocycles. The van der Waals surface area contributed by atoms with Crippen LogP contribution in [0.3, 0.4) is 0 Å². The van der Waals surface area contributed by atoms with Crippen molar-refractivity contribution in [2.75, 3.05) is 26.3 Å². The van der Waals surface area contributed by atoms with Crippen LogP contribution in [0.2, 0.25) is 0 Å². The third-order valence-corrected chi connectivity index (χ3v) is 2.66. The van der Waals surface area contributed by atoms with Crippen LogP contribution in [0.15, 0.2) is 0 Å². The van der Waals surface area contributed by atoms with E-state index in [1.807, 2.05) is 6.92 Å². The molecule has 0 aromatic rings. The predicted octanol–water partition coefficient (Wildman–Crippen LogP) is -0.647. The molecule has 0 aromatic heterocycles. The lowest BCUT2D eigenvalue weighted by atomic mass is 10.0. The Morgan fingerprint density at radius 3 is 2.82 bits per heavy atom. The number of halogens is 2. The van der Waals surface area contributed by atoms with Crippen molar-refractivity contribution >= 4 is 5.91 Å². The standard InChI is InChI=1S/C10H18F2N2O3/c1-2-13-7-5-17-4-6(7)10(16)14-3-8(15)9(11)12/h6-9,13,15H,2-5H2,1H3,(H,14,16). The summed E-state index contributed by atoms with van der Waals surface area (Å²) in [6.07, 6.45) is -4.67. The van der Waals surface area contributed by atoms with Gasteiger partial charge in [-0.2, -0.15) is 0 Å². The van der Waals surface area contributed by atoms with Crippen LogP contribution >= 0.6 is 0 Å². The summed E-state index contributed by atoms with van der Waals surface area (Å²) < 4.78 is 29.2. The third kappa shape index (κ3) is 4.18. The third-order valence-electron chi connectivity index (χ3n) is 2.66. The number of ether oxygens (including phenoxy) is 1. The fourth-order valence-electron chi connectivity index (χ4n) is 1.70. The molecule has 1 aliphatic rings. The Labute approximate surface area is 98.5 Å². The van der Waals surface area contributed by atoms with Crippen molar-refractivity contribution in [1.29, 1.82) is 0 Å². The van der Waals surface area contributed by atoms with Crippen LogP contribution in [0.1, 0.15) is 6.92 Å². The number of hydrogen-bond donors (Lipinski definition) is 3. The summed E-state index contributed by atoms with van der Waals surface area (Å²) in [4.78, 5) is 11.7. The largest absolute Gasteiger partial charge is 0.385 e. The molecule has 0 saturated carbocycles. The summed E-state index contributed by atoms with van der Waals surface area (Å²) in [7, 11) is 0. The number of alkyl halides is 2. The van der Waals surface area contributed by atoms with E-state index in [0.717, 1.165) is 0 Å². The highest BCUT2D eigenvalue weighted by Gasteiger charge is 2.33. The van der Waals surface area contributed by atoms with Gasteiger partial charge in [-0.05, 0) is 6.54 Å². The highest BCUT2D eigenvalue weighted by atomic mass is 19.3. The molecule has 3 unspecified atom stereocenters. The van der Waals surface area contributed by atoms with Gasteiger partial charge in [0.15, 0.2) is 0 Å². The Hall–Kier alpha value is -0.790. The van der Waals surface area contributed by atoms with Crippen LogP contribution < -0.4 is 10.6 Å². The summed E-state index contributed by atoms with van der Waals surface area (Å²) in [5.41, 5.74) is 0. The normalized spacial score (nSPS) is 26.2. The second-order valence-electron chi connectivity index (χ2n) is 3.96. The van der Waals surface area contributed by atoms with Crippen molar-refractivity contribution in [3.05, 3.63) is 0 Å². The lowest BCUT2D eigenvalue weighted by Crippen LogP contribution is -2.46. The van der Waals surface area contributed by atoms with E-state index in [1.54, 1.807) is 0 Å². The SMILES string of the molecule is CCNC1COCC1C(=O)NCC(O)C(F)F. The van der Waals surface area contributed by atoms with Crippen LogP contribution in [-0.4, -0.2) is 55.9 Å². The predicted molar refractivity (Wildman–Crippen MR) is 56.8 cm³/mol. The van der Waals surface area contributed by atoms with Gasteiger partial charge in [-0.25, -0.2) is 8.78 Å². The van der Waals surface area contributed by atoms with Gasteiger partial charge in [0.1, 0.15) is 6.10 Å². The van der Waals surface area contributed by atoms with Crippen LogP contribution in [0, 0.1) is 5.92 Å². The Morgan fingerprint density at radius 1 is 1.53 bits per heavy atom. The number of hydrogen-bond acceptors (Lipinski definition) is 4. The van der Waals surface area contributed by atoms with Crippen LogP contribution in [0.4, 0.5) is 8.78 Å². The quantitative estimate of drug-likeness (QED) is 0.587. The maximum absolute atomic E-state index is 12.0. The van der Waals surface area contributed by atoms with Gasteiger partial charge in [0.2, 0.25) is 5.91 Å². The van der Waals surface area contributed by atoms with Gasteiger partial charge in [-0.3, -0.25) is 4.79 Å². The van der Waals surface area contributed by atoms with E-state index in [9.17, 15) is 13.6 Å². The van der Waals surface area contributed by atoms with E-state index in [0.29, 0.717) is 13.2 Å². The van der Waals surface area contributed by atoms with Crippen molar-refractivity contribution in [3.63, 3.8) is 0 Å². The molecule has 7 heteroatoms. The molecule has 0 radical (unpaired) electrons. The Kier molecular flexibility index (Phi) is 5.73. The average Bonchev–Trinajstić information content (AvgIpc) is 2.74. The lowest BCUT2D eigenvalue weighted by molar-refractivity contribution is -0.126. The number of amides is 1. The lowest BCUT2D eigenvalue weighted by Gasteiger charge is -2.18. The second kappa shape index (κ2) is 6.83.